The summed E-state index contributed by atoms with van der Waals surface area (Å²) in [6, 6.07) is 6.19. The fourth-order valence-corrected chi connectivity index (χ4v) is 2.02. The average Bonchev–Trinajstić information content (AvgIpc) is 2.57. The van der Waals surface area contributed by atoms with Crippen LogP contribution in [0, 0.1) is 6.92 Å². The topological polar surface area (TPSA) is 37.0 Å². The molecule has 2 N–H and O–H groups in total. The van der Waals surface area contributed by atoms with E-state index in [4.69, 9.17) is 4.74 Å². The normalized spacial score (nSPS) is 10.9. The first kappa shape index (κ1) is 11.0. The van der Waals surface area contributed by atoms with Crippen LogP contribution >= 0.6 is 0 Å². The van der Waals surface area contributed by atoms with Crippen LogP contribution in [0.1, 0.15) is 18.2 Å². The predicted molar refractivity (Wildman–Crippen MR) is 67.0 cm³/mol. The number of rotatable bonds is 4. The molecule has 1 aromatic heterocycles. The Labute approximate surface area is 95.8 Å². The summed E-state index contributed by atoms with van der Waals surface area (Å²) in [7, 11) is 1.96. The Bertz CT molecular complexity index is 488. The minimum atomic E-state index is 0.705. The molecule has 3 heteroatoms. The second kappa shape index (κ2) is 4.58. The van der Waals surface area contributed by atoms with Crippen LogP contribution in [0.25, 0.3) is 10.9 Å². The summed E-state index contributed by atoms with van der Waals surface area (Å²) in [5.41, 5.74) is 3.71. The Morgan fingerprint density at radius 2 is 2.19 bits per heavy atom. The van der Waals surface area contributed by atoms with Gasteiger partial charge in [-0.1, -0.05) is 0 Å². The van der Waals surface area contributed by atoms with Crippen molar-refractivity contribution in [3.63, 3.8) is 0 Å². The predicted octanol–water partition coefficient (Wildman–Crippen LogP) is 2.59. The number of fused-ring (bicyclic) bond motifs is 1. The van der Waals surface area contributed by atoms with E-state index in [2.05, 4.69) is 29.4 Å². The number of benzene rings is 1. The Kier molecular flexibility index (Phi) is 3.15. The first-order valence-corrected chi connectivity index (χ1v) is 5.65. The number of ether oxygens (including phenoxy) is 1. The molecule has 2 rings (SSSR count). The maximum absolute atomic E-state index is 5.52. The van der Waals surface area contributed by atoms with E-state index < -0.39 is 0 Å². The van der Waals surface area contributed by atoms with Crippen LogP contribution in [0.3, 0.4) is 0 Å². The smallest absolute Gasteiger partial charge is 0.120 e. The zero-order valence-corrected chi connectivity index (χ0v) is 10.1. The van der Waals surface area contributed by atoms with E-state index in [0.717, 1.165) is 12.3 Å². The summed E-state index contributed by atoms with van der Waals surface area (Å²) in [5.74, 6) is 0.936. The van der Waals surface area contributed by atoms with Crippen LogP contribution in [-0.2, 0) is 6.54 Å². The molecule has 0 saturated heterocycles. The number of hydrogen-bond acceptors (Lipinski definition) is 2. The highest BCUT2D eigenvalue weighted by atomic mass is 16.5. The molecule has 0 spiro atoms. The van der Waals surface area contributed by atoms with Gasteiger partial charge in [0.1, 0.15) is 5.75 Å². The summed E-state index contributed by atoms with van der Waals surface area (Å²) < 4.78 is 5.52. The van der Waals surface area contributed by atoms with Gasteiger partial charge >= 0.3 is 0 Å². The van der Waals surface area contributed by atoms with Gasteiger partial charge in [0.25, 0.3) is 0 Å². The lowest BCUT2D eigenvalue weighted by atomic mass is 10.1. The lowest BCUT2D eigenvalue weighted by molar-refractivity contribution is 0.340. The summed E-state index contributed by atoms with van der Waals surface area (Å²) in [6.07, 6.45) is 0. The minimum absolute atomic E-state index is 0.705. The van der Waals surface area contributed by atoms with Gasteiger partial charge in [-0.05, 0) is 44.7 Å². The number of hydrogen-bond donors (Lipinski definition) is 2. The number of aromatic amines is 1. The monoisotopic (exact) mass is 218 g/mol. The van der Waals surface area contributed by atoms with Crippen molar-refractivity contribution in [2.75, 3.05) is 13.7 Å². The van der Waals surface area contributed by atoms with Crippen molar-refractivity contribution in [1.82, 2.24) is 10.3 Å². The number of aryl methyl sites for hydroxylation is 1. The summed E-state index contributed by atoms with van der Waals surface area (Å²) in [5, 5.41) is 4.44. The van der Waals surface area contributed by atoms with Crippen LogP contribution in [0.4, 0.5) is 0 Å². The third-order valence-electron chi connectivity index (χ3n) is 2.76. The summed E-state index contributed by atoms with van der Waals surface area (Å²) in [6.45, 7) is 5.69. The van der Waals surface area contributed by atoms with Gasteiger partial charge in [-0.2, -0.15) is 0 Å². The highest BCUT2D eigenvalue weighted by Crippen LogP contribution is 2.26. The molecule has 1 aromatic carbocycles. The maximum Gasteiger partial charge on any atom is 0.120 e. The Morgan fingerprint density at radius 3 is 2.88 bits per heavy atom. The van der Waals surface area contributed by atoms with Crippen molar-refractivity contribution in [3.05, 3.63) is 29.5 Å². The van der Waals surface area contributed by atoms with Gasteiger partial charge in [-0.15, -0.1) is 0 Å². The summed E-state index contributed by atoms with van der Waals surface area (Å²) in [4.78, 5) is 3.39. The second-order valence-corrected chi connectivity index (χ2v) is 3.90. The van der Waals surface area contributed by atoms with Crippen molar-refractivity contribution in [2.24, 2.45) is 0 Å². The first-order chi connectivity index (χ1) is 7.76. The average molecular weight is 218 g/mol. The zero-order chi connectivity index (χ0) is 11.5. The Hall–Kier alpha value is -1.48. The maximum atomic E-state index is 5.52. The molecule has 0 radical (unpaired) electrons. The van der Waals surface area contributed by atoms with Crippen LogP contribution in [0.5, 0.6) is 5.75 Å². The fraction of sp³-hybridized carbons (Fsp3) is 0.385. The van der Waals surface area contributed by atoms with Crippen LogP contribution in [-0.4, -0.2) is 18.6 Å². The van der Waals surface area contributed by atoms with Crippen molar-refractivity contribution in [2.45, 2.75) is 20.4 Å². The molecule has 0 aliphatic heterocycles. The minimum Gasteiger partial charge on any atom is -0.494 e. The Morgan fingerprint density at radius 1 is 1.38 bits per heavy atom. The largest absolute Gasteiger partial charge is 0.494 e. The molecule has 16 heavy (non-hydrogen) atoms. The van der Waals surface area contributed by atoms with E-state index >= 15 is 0 Å². The van der Waals surface area contributed by atoms with Gasteiger partial charge in [-0.25, -0.2) is 0 Å². The van der Waals surface area contributed by atoms with Gasteiger partial charge in [-0.3, -0.25) is 0 Å². The molecular weight excluding hydrogens is 200 g/mol. The molecule has 0 aliphatic carbocycles. The van der Waals surface area contributed by atoms with Crippen molar-refractivity contribution in [1.29, 1.82) is 0 Å². The highest BCUT2D eigenvalue weighted by Gasteiger charge is 2.08. The molecule has 0 unspecified atom stereocenters. The van der Waals surface area contributed by atoms with E-state index in [-0.39, 0.29) is 0 Å². The lowest BCUT2D eigenvalue weighted by Crippen LogP contribution is -2.05. The SMILES string of the molecule is CCOc1ccc2[nH]c(C)c(CNC)c2c1. The Balaban J connectivity index is 2.51. The van der Waals surface area contributed by atoms with Gasteiger partial charge in [0, 0.05) is 23.1 Å². The van der Waals surface area contributed by atoms with Gasteiger partial charge < -0.3 is 15.0 Å². The third kappa shape index (κ3) is 1.91. The molecule has 86 valence electrons. The quantitative estimate of drug-likeness (QED) is 0.827. The standard InChI is InChI=1S/C13H18N2O/c1-4-16-10-5-6-13-11(7-10)12(8-14-3)9(2)15-13/h5-7,14-15H,4,8H2,1-3H3. The molecular formula is C13H18N2O. The number of aromatic nitrogens is 1. The van der Waals surface area contributed by atoms with E-state index in [1.54, 1.807) is 0 Å². The molecule has 0 fully saturated rings. The van der Waals surface area contributed by atoms with Crippen LogP contribution in [0.15, 0.2) is 18.2 Å². The van der Waals surface area contributed by atoms with E-state index in [9.17, 15) is 0 Å². The molecule has 1 heterocycles. The first-order valence-electron chi connectivity index (χ1n) is 5.65. The number of nitrogens with one attached hydrogen (secondary N) is 2. The third-order valence-corrected chi connectivity index (χ3v) is 2.76. The van der Waals surface area contributed by atoms with Gasteiger partial charge in [0.05, 0.1) is 6.61 Å². The number of H-pyrrole nitrogens is 1. The van der Waals surface area contributed by atoms with E-state index in [1.807, 2.05) is 20.0 Å². The van der Waals surface area contributed by atoms with Crippen molar-refractivity contribution in [3.8, 4) is 5.75 Å². The second-order valence-electron chi connectivity index (χ2n) is 3.90. The summed E-state index contributed by atoms with van der Waals surface area (Å²) >= 11 is 0. The van der Waals surface area contributed by atoms with Crippen LogP contribution < -0.4 is 10.1 Å². The van der Waals surface area contributed by atoms with E-state index in [0.29, 0.717) is 6.61 Å². The van der Waals surface area contributed by atoms with E-state index in [1.165, 1.54) is 22.2 Å². The molecule has 3 nitrogen and oxygen atoms in total. The van der Waals surface area contributed by atoms with Crippen molar-refractivity contribution >= 4 is 10.9 Å². The molecule has 2 aromatic rings. The fourth-order valence-electron chi connectivity index (χ4n) is 2.02. The molecule has 0 saturated carbocycles. The molecule has 0 aliphatic rings. The van der Waals surface area contributed by atoms with Gasteiger partial charge in [0.2, 0.25) is 0 Å². The highest BCUT2D eigenvalue weighted by molar-refractivity contribution is 5.85. The van der Waals surface area contributed by atoms with Gasteiger partial charge in [0.15, 0.2) is 0 Å². The lowest BCUT2D eigenvalue weighted by Gasteiger charge is -2.04. The van der Waals surface area contributed by atoms with Crippen molar-refractivity contribution < 1.29 is 4.74 Å². The molecule has 0 amide bonds. The molecule has 0 bridgehead atoms. The van der Waals surface area contributed by atoms with Crippen LogP contribution in [0.2, 0.25) is 0 Å². The zero-order valence-electron chi connectivity index (χ0n) is 10.1. The molecule has 0 atom stereocenters.